The molecule has 0 radical (unpaired) electrons. The van der Waals surface area contributed by atoms with Gasteiger partial charge in [-0.1, -0.05) is 12.1 Å². The van der Waals surface area contributed by atoms with Crippen LogP contribution < -0.4 is 9.64 Å². The number of para-hydroxylation sites is 2. The SMILES string of the molecule is Cc1cnc(CN2CCOc3ccccc32)s1. The third-order valence-electron chi connectivity index (χ3n) is 2.82. The lowest BCUT2D eigenvalue weighted by Crippen LogP contribution is -2.32. The lowest BCUT2D eigenvalue weighted by Gasteiger charge is -2.30. The largest absolute Gasteiger partial charge is 0.490 e. The number of aromatic nitrogens is 1. The van der Waals surface area contributed by atoms with Gasteiger partial charge in [-0.3, -0.25) is 0 Å². The monoisotopic (exact) mass is 246 g/mol. The van der Waals surface area contributed by atoms with Gasteiger partial charge in [-0.05, 0) is 19.1 Å². The van der Waals surface area contributed by atoms with Crippen LogP contribution in [0.4, 0.5) is 5.69 Å². The predicted molar refractivity (Wildman–Crippen MR) is 69.8 cm³/mol. The summed E-state index contributed by atoms with van der Waals surface area (Å²) in [5.74, 6) is 0.979. The fourth-order valence-corrected chi connectivity index (χ4v) is 2.83. The number of hydrogen-bond donors (Lipinski definition) is 0. The Hall–Kier alpha value is -1.55. The molecule has 88 valence electrons. The molecule has 1 aliphatic rings. The Morgan fingerprint density at radius 2 is 2.29 bits per heavy atom. The molecule has 0 spiro atoms. The van der Waals surface area contributed by atoms with Crippen molar-refractivity contribution in [1.29, 1.82) is 0 Å². The van der Waals surface area contributed by atoms with E-state index in [1.165, 1.54) is 15.6 Å². The molecule has 17 heavy (non-hydrogen) atoms. The minimum atomic E-state index is 0.751. The van der Waals surface area contributed by atoms with Gasteiger partial charge in [0.2, 0.25) is 0 Å². The van der Waals surface area contributed by atoms with Crippen LogP contribution >= 0.6 is 11.3 Å². The van der Waals surface area contributed by atoms with E-state index < -0.39 is 0 Å². The molecular weight excluding hydrogens is 232 g/mol. The van der Waals surface area contributed by atoms with Crippen LogP contribution in [0.2, 0.25) is 0 Å². The van der Waals surface area contributed by atoms with Gasteiger partial charge in [0.05, 0.1) is 18.8 Å². The molecule has 0 saturated heterocycles. The van der Waals surface area contributed by atoms with Gasteiger partial charge in [0, 0.05) is 11.1 Å². The summed E-state index contributed by atoms with van der Waals surface area (Å²) < 4.78 is 5.64. The van der Waals surface area contributed by atoms with Gasteiger partial charge in [-0.2, -0.15) is 0 Å². The number of benzene rings is 1. The molecule has 3 rings (SSSR count). The molecule has 4 heteroatoms. The first kappa shape index (κ1) is 10.6. The van der Waals surface area contributed by atoms with E-state index in [2.05, 4.69) is 22.9 Å². The van der Waals surface area contributed by atoms with Crippen LogP contribution in [-0.2, 0) is 6.54 Å². The standard InChI is InChI=1S/C13H14N2OS/c1-10-8-14-13(17-10)9-15-6-7-16-12-5-3-2-4-11(12)15/h2-5,8H,6-7,9H2,1H3. The first-order chi connectivity index (χ1) is 8.33. The molecular formula is C13H14N2OS. The van der Waals surface area contributed by atoms with Crippen LogP contribution in [0.15, 0.2) is 30.5 Å². The molecule has 0 saturated carbocycles. The van der Waals surface area contributed by atoms with Crippen molar-refractivity contribution in [2.45, 2.75) is 13.5 Å². The van der Waals surface area contributed by atoms with Crippen LogP contribution in [-0.4, -0.2) is 18.1 Å². The number of ether oxygens (including phenoxy) is 1. The summed E-state index contributed by atoms with van der Waals surface area (Å²) in [6, 6.07) is 8.19. The Bertz CT molecular complexity index is 524. The molecule has 2 heterocycles. The quantitative estimate of drug-likeness (QED) is 0.814. The predicted octanol–water partition coefficient (Wildman–Crippen LogP) is 2.85. The van der Waals surface area contributed by atoms with Crippen molar-refractivity contribution >= 4 is 17.0 Å². The molecule has 2 aromatic rings. The highest BCUT2D eigenvalue weighted by molar-refractivity contribution is 7.11. The number of nitrogens with zero attached hydrogens (tertiary/aromatic N) is 2. The molecule has 1 aromatic carbocycles. The van der Waals surface area contributed by atoms with Gasteiger partial charge in [0.15, 0.2) is 0 Å². The molecule has 0 atom stereocenters. The third kappa shape index (κ3) is 2.13. The maximum absolute atomic E-state index is 5.64. The van der Waals surface area contributed by atoms with E-state index >= 15 is 0 Å². The number of aryl methyl sites for hydroxylation is 1. The Labute approximate surface area is 105 Å². The van der Waals surface area contributed by atoms with Gasteiger partial charge in [0.1, 0.15) is 17.4 Å². The molecule has 0 amide bonds. The van der Waals surface area contributed by atoms with Gasteiger partial charge in [-0.25, -0.2) is 4.98 Å². The van der Waals surface area contributed by atoms with Crippen LogP contribution in [0.5, 0.6) is 5.75 Å². The Morgan fingerprint density at radius 1 is 1.41 bits per heavy atom. The number of fused-ring (bicyclic) bond motifs is 1. The summed E-state index contributed by atoms with van der Waals surface area (Å²) >= 11 is 1.76. The van der Waals surface area contributed by atoms with E-state index in [9.17, 15) is 0 Å². The minimum absolute atomic E-state index is 0.751. The molecule has 0 bridgehead atoms. The van der Waals surface area contributed by atoms with E-state index in [-0.39, 0.29) is 0 Å². The number of rotatable bonds is 2. The van der Waals surface area contributed by atoms with Crippen LogP contribution in [0.25, 0.3) is 0 Å². The summed E-state index contributed by atoms with van der Waals surface area (Å²) in [5, 5.41) is 1.17. The van der Waals surface area contributed by atoms with Gasteiger partial charge >= 0.3 is 0 Å². The second-order valence-electron chi connectivity index (χ2n) is 4.10. The summed E-state index contributed by atoms with van der Waals surface area (Å²) in [5.41, 5.74) is 1.17. The van der Waals surface area contributed by atoms with E-state index in [0.29, 0.717) is 0 Å². The summed E-state index contributed by atoms with van der Waals surface area (Å²) in [6.45, 7) is 4.64. The first-order valence-electron chi connectivity index (χ1n) is 5.71. The fourth-order valence-electron chi connectivity index (χ4n) is 2.03. The summed E-state index contributed by atoms with van der Waals surface area (Å²) in [4.78, 5) is 8.01. The van der Waals surface area contributed by atoms with Crippen molar-refractivity contribution in [3.63, 3.8) is 0 Å². The molecule has 0 N–H and O–H groups in total. The molecule has 3 nitrogen and oxygen atoms in total. The topological polar surface area (TPSA) is 25.4 Å². The lowest BCUT2D eigenvalue weighted by molar-refractivity contribution is 0.307. The summed E-state index contributed by atoms with van der Waals surface area (Å²) in [7, 11) is 0. The van der Waals surface area contributed by atoms with E-state index in [1.807, 2.05) is 24.4 Å². The minimum Gasteiger partial charge on any atom is -0.490 e. The van der Waals surface area contributed by atoms with Crippen molar-refractivity contribution in [2.75, 3.05) is 18.1 Å². The maximum Gasteiger partial charge on any atom is 0.142 e. The Balaban J connectivity index is 1.85. The zero-order valence-corrected chi connectivity index (χ0v) is 10.5. The molecule has 1 aromatic heterocycles. The normalized spacial score (nSPS) is 14.3. The number of anilines is 1. The summed E-state index contributed by atoms with van der Waals surface area (Å²) in [6.07, 6.45) is 1.94. The van der Waals surface area contributed by atoms with E-state index in [1.54, 1.807) is 11.3 Å². The average molecular weight is 246 g/mol. The van der Waals surface area contributed by atoms with Crippen molar-refractivity contribution in [1.82, 2.24) is 4.98 Å². The first-order valence-corrected chi connectivity index (χ1v) is 6.52. The second kappa shape index (κ2) is 4.37. The van der Waals surface area contributed by atoms with Crippen molar-refractivity contribution in [2.24, 2.45) is 0 Å². The lowest BCUT2D eigenvalue weighted by atomic mass is 10.2. The smallest absolute Gasteiger partial charge is 0.142 e. The highest BCUT2D eigenvalue weighted by Crippen LogP contribution is 2.32. The third-order valence-corrected chi connectivity index (χ3v) is 3.72. The van der Waals surface area contributed by atoms with Gasteiger partial charge in [0.25, 0.3) is 0 Å². The molecule has 1 aliphatic heterocycles. The van der Waals surface area contributed by atoms with Crippen LogP contribution in [0.1, 0.15) is 9.88 Å². The highest BCUT2D eigenvalue weighted by atomic mass is 32.1. The average Bonchev–Trinajstić information content (AvgIpc) is 2.75. The maximum atomic E-state index is 5.64. The Morgan fingerprint density at radius 3 is 3.12 bits per heavy atom. The number of thiazole rings is 1. The molecule has 0 aliphatic carbocycles. The van der Waals surface area contributed by atoms with Gasteiger partial charge in [-0.15, -0.1) is 11.3 Å². The Kier molecular flexibility index (Phi) is 2.73. The zero-order chi connectivity index (χ0) is 11.7. The van der Waals surface area contributed by atoms with Crippen molar-refractivity contribution in [3.05, 3.63) is 40.3 Å². The number of hydrogen-bond acceptors (Lipinski definition) is 4. The van der Waals surface area contributed by atoms with Gasteiger partial charge < -0.3 is 9.64 Å². The molecule has 0 unspecified atom stereocenters. The zero-order valence-electron chi connectivity index (χ0n) is 9.72. The second-order valence-corrected chi connectivity index (χ2v) is 5.42. The van der Waals surface area contributed by atoms with Crippen molar-refractivity contribution < 1.29 is 4.74 Å². The van der Waals surface area contributed by atoms with E-state index in [4.69, 9.17) is 4.74 Å². The van der Waals surface area contributed by atoms with Crippen LogP contribution in [0, 0.1) is 6.92 Å². The molecule has 0 fully saturated rings. The van der Waals surface area contributed by atoms with E-state index in [0.717, 1.165) is 25.4 Å². The van der Waals surface area contributed by atoms with Crippen LogP contribution in [0.3, 0.4) is 0 Å². The fraction of sp³-hybridized carbons (Fsp3) is 0.308. The van der Waals surface area contributed by atoms with Crippen molar-refractivity contribution in [3.8, 4) is 5.75 Å². The highest BCUT2D eigenvalue weighted by Gasteiger charge is 2.18.